The highest BCUT2D eigenvalue weighted by Crippen LogP contribution is 2.25. The summed E-state index contributed by atoms with van der Waals surface area (Å²) in [6.45, 7) is 4.49. The number of hydrogen-bond acceptors (Lipinski definition) is 5. The molecule has 2 rings (SSSR count). The fourth-order valence-corrected chi connectivity index (χ4v) is 3.97. The van der Waals surface area contributed by atoms with E-state index in [1.54, 1.807) is 47.4 Å². The average Bonchev–Trinajstić information content (AvgIpc) is 2.71. The molecule has 2 aromatic rings. The van der Waals surface area contributed by atoms with Crippen molar-refractivity contribution in [3.8, 4) is 0 Å². The fraction of sp³-hybridized carbons (Fsp3) is 0.286. The Morgan fingerprint density at radius 2 is 1.67 bits per heavy atom. The Morgan fingerprint density at radius 3 is 2.30 bits per heavy atom. The molecule has 0 saturated heterocycles. The molecule has 0 radical (unpaired) electrons. The standard InChI is InChI=1S/C21H22Cl2N2O4S/c1-3-25(4-2)20(27)12-29-21(28)17-7-5-6-8-18(17)30-13-19(26)24-16-10-14(22)9-15(23)11-16/h5-11H,3-4,12-13H2,1-2H3,(H,24,26). The van der Waals surface area contributed by atoms with Crippen LogP contribution in [0.1, 0.15) is 24.2 Å². The molecule has 2 aromatic carbocycles. The number of nitrogens with one attached hydrogen (secondary N) is 1. The first kappa shape index (κ1) is 24.1. The molecule has 0 aliphatic heterocycles. The van der Waals surface area contributed by atoms with Gasteiger partial charge in [0.15, 0.2) is 6.61 Å². The van der Waals surface area contributed by atoms with E-state index in [0.717, 1.165) is 0 Å². The summed E-state index contributed by atoms with van der Waals surface area (Å²) in [5.74, 6) is -1.08. The molecule has 160 valence electrons. The van der Waals surface area contributed by atoms with Crippen LogP contribution in [-0.2, 0) is 14.3 Å². The number of carbonyl (C=O) groups is 3. The summed E-state index contributed by atoms with van der Waals surface area (Å²) in [6, 6.07) is 11.5. The molecule has 2 amide bonds. The van der Waals surface area contributed by atoms with E-state index >= 15 is 0 Å². The maximum absolute atomic E-state index is 12.4. The number of ether oxygens (including phenoxy) is 1. The normalized spacial score (nSPS) is 10.4. The number of nitrogens with zero attached hydrogens (tertiary/aromatic N) is 1. The smallest absolute Gasteiger partial charge is 0.339 e. The molecule has 0 spiro atoms. The number of esters is 1. The number of amides is 2. The second kappa shape index (κ2) is 11.8. The Kier molecular flexibility index (Phi) is 9.49. The lowest BCUT2D eigenvalue weighted by molar-refractivity contribution is -0.134. The predicted octanol–water partition coefficient (Wildman–Crippen LogP) is 4.75. The second-order valence-corrected chi connectivity index (χ2v) is 8.02. The van der Waals surface area contributed by atoms with Crippen LogP contribution in [0.3, 0.4) is 0 Å². The van der Waals surface area contributed by atoms with Crippen molar-refractivity contribution in [3.63, 3.8) is 0 Å². The van der Waals surface area contributed by atoms with Gasteiger partial charge in [0.1, 0.15) is 0 Å². The summed E-state index contributed by atoms with van der Waals surface area (Å²) in [7, 11) is 0. The van der Waals surface area contributed by atoms with Gasteiger partial charge in [-0.3, -0.25) is 9.59 Å². The number of halogens is 2. The molecule has 0 atom stereocenters. The quantitative estimate of drug-likeness (QED) is 0.424. The lowest BCUT2D eigenvalue weighted by atomic mass is 10.2. The summed E-state index contributed by atoms with van der Waals surface area (Å²) >= 11 is 13.1. The summed E-state index contributed by atoms with van der Waals surface area (Å²) in [6.07, 6.45) is 0. The number of carbonyl (C=O) groups excluding carboxylic acids is 3. The van der Waals surface area contributed by atoms with E-state index in [-0.39, 0.29) is 24.2 Å². The van der Waals surface area contributed by atoms with Crippen LogP contribution < -0.4 is 5.32 Å². The van der Waals surface area contributed by atoms with Gasteiger partial charge >= 0.3 is 5.97 Å². The average molecular weight is 469 g/mol. The number of hydrogen-bond donors (Lipinski definition) is 1. The van der Waals surface area contributed by atoms with Gasteiger partial charge in [-0.1, -0.05) is 35.3 Å². The molecule has 0 aromatic heterocycles. The van der Waals surface area contributed by atoms with Crippen molar-refractivity contribution in [2.24, 2.45) is 0 Å². The summed E-state index contributed by atoms with van der Waals surface area (Å²) in [5, 5.41) is 3.54. The largest absolute Gasteiger partial charge is 0.452 e. The van der Waals surface area contributed by atoms with E-state index in [1.807, 2.05) is 13.8 Å². The molecule has 30 heavy (non-hydrogen) atoms. The molecule has 9 heteroatoms. The molecule has 0 aliphatic carbocycles. The van der Waals surface area contributed by atoms with Crippen LogP contribution in [0.25, 0.3) is 0 Å². The van der Waals surface area contributed by atoms with E-state index in [4.69, 9.17) is 27.9 Å². The minimum Gasteiger partial charge on any atom is -0.452 e. The third-order valence-corrected chi connectivity index (χ3v) is 5.56. The van der Waals surface area contributed by atoms with E-state index in [1.165, 1.54) is 11.8 Å². The number of likely N-dealkylation sites (N-methyl/N-ethyl adjacent to an activating group) is 1. The van der Waals surface area contributed by atoms with Crippen molar-refractivity contribution in [1.82, 2.24) is 4.90 Å². The number of rotatable bonds is 9. The first-order chi connectivity index (χ1) is 14.3. The minimum absolute atomic E-state index is 0.0623. The van der Waals surface area contributed by atoms with E-state index in [9.17, 15) is 14.4 Å². The van der Waals surface area contributed by atoms with Crippen molar-refractivity contribution in [1.29, 1.82) is 0 Å². The SMILES string of the molecule is CCN(CC)C(=O)COC(=O)c1ccccc1SCC(=O)Nc1cc(Cl)cc(Cl)c1. The molecule has 0 bridgehead atoms. The summed E-state index contributed by atoms with van der Waals surface area (Å²) in [5.41, 5.74) is 0.786. The second-order valence-electron chi connectivity index (χ2n) is 6.13. The van der Waals surface area contributed by atoms with Gasteiger partial charge in [0.2, 0.25) is 5.91 Å². The molecular formula is C21H22Cl2N2O4S. The highest BCUT2D eigenvalue weighted by molar-refractivity contribution is 8.00. The van der Waals surface area contributed by atoms with E-state index in [2.05, 4.69) is 5.32 Å². The van der Waals surface area contributed by atoms with Crippen molar-refractivity contribution in [2.75, 3.05) is 30.8 Å². The monoisotopic (exact) mass is 468 g/mol. The molecule has 0 aliphatic rings. The zero-order valence-corrected chi connectivity index (χ0v) is 18.9. The van der Waals surface area contributed by atoms with E-state index < -0.39 is 5.97 Å². The lowest BCUT2D eigenvalue weighted by Crippen LogP contribution is -2.34. The van der Waals surface area contributed by atoms with Gasteiger partial charge < -0.3 is 15.0 Å². The van der Waals surface area contributed by atoms with Crippen LogP contribution in [0, 0.1) is 0 Å². The third-order valence-electron chi connectivity index (χ3n) is 4.05. The van der Waals surface area contributed by atoms with Crippen molar-refractivity contribution < 1.29 is 19.1 Å². The number of thioether (sulfide) groups is 1. The maximum Gasteiger partial charge on any atom is 0.339 e. The Bertz CT molecular complexity index is 899. The van der Waals surface area contributed by atoms with Crippen molar-refractivity contribution >= 4 is 58.4 Å². The van der Waals surface area contributed by atoms with Gasteiger partial charge in [0, 0.05) is 33.7 Å². The van der Waals surface area contributed by atoms with Crippen LogP contribution >= 0.6 is 35.0 Å². The zero-order valence-electron chi connectivity index (χ0n) is 16.6. The van der Waals surface area contributed by atoms with Gasteiger partial charge in [0.05, 0.1) is 11.3 Å². The molecule has 1 N–H and O–H groups in total. The highest BCUT2D eigenvalue weighted by Gasteiger charge is 2.17. The summed E-state index contributed by atoms with van der Waals surface area (Å²) < 4.78 is 5.17. The van der Waals surface area contributed by atoms with Crippen LogP contribution in [-0.4, -0.2) is 48.1 Å². The predicted molar refractivity (Wildman–Crippen MR) is 120 cm³/mol. The van der Waals surface area contributed by atoms with Crippen LogP contribution in [0.15, 0.2) is 47.4 Å². The molecule has 0 fully saturated rings. The molecule has 0 heterocycles. The first-order valence-corrected chi connectivity index (χ1v) is 11.0. The zero-order chi connectivity index (χ0) is 22.1. The molecule has 0 unspecified atom stereocenters. The van der Waals surface area contributed by atoms with Gasteiger partial charge in [-0.2, -0.15) is 0 Å². The van der Waals surface area contributed by atoms with Gasteiger partial charge in [0.25, 0.3) is 5.91 Å². The Hall–Kier alpha value is -2.22. The Balaban J connectivity index is 1.96. The van der Waals surface area contributed by atoms with E-state index in [0.29, 0.717) is 39.3 Å². The summed E-state index contributed by atoms with van der Waals surface area (Å²) in [4.78, 5) is 38.9. The maximum atomic E-state index is 12.4. The van der Waals surface area contributed by atoms with Gasteiger partial charge in [-0.25, -0.2) is 4.79 Å². The highest BCUT2D eigenvalue weighted by atomic mass is 35.5. The van der Waals surface area contributed by atoms with Crippen molar-refractivity contribution in [2.45, 2.75) is 18.7 Å². The minimum atomic E-state index is -0.611. The van der Waals surface area contributed by atoms with Crippen LogP contribution in [0.2, 0.25) is 10.0 Å². The van der Waals surface area contributed by atoms with Gasteiger partial charge in [-0.05, 0) is 44.2 Å². The van der Waals surface area contributed by atoms with Gasteiger partial charge in [-0.15, -0.1) is 11.8 Å². The topological polar surface area (TPSA) is 75.7 Å². The Labute approximate surface area is 189 Å². The lowest BCUT2D eigenvalue weighted by Gasteiger charge is -2.18. The van der Waals surface area contributed by atoms with Crippen molar-refractivity contribution in [3.05, 3.63) is 58.1 Å². The van der Waals surface area contributed by atoms with Crippen LogP contribution in [0.4, 0.5) is 5.69 Å². The molecular weight excluding hydrogens is 447 g/mol. The number of benzene rings is 2. The molecule has 0 saturated carbocycles. The first-order valence-electron chi connectivity index (χ1n) is 9.26. The van der Waals surface area contributed by atoms with Crippen LogP contribution in [0.5, 0.6) is 0 Å². The number of anilines is 1. The fourth-order valence-electron chi connectivity index (χ4n) is 2.60. The Morgan fingerprint density at radius 1 is 1.03 bits per heavy atom. The third kappa shape index (κ3) is 7.23. The molecule has 6 nitrogen and oxygen atoms in total.